The van der Waals surface area contributed by atoms with Gasteiger partial charge < -0.3 is 5.32 Å². The molecule has 0 saturated carbocycles. The van der Waals surface area contributed by atoms with Gasteiger partial charge in [0.05, 0.1) is 0 Å². The smallest absolute Gasteiger partial charge is 0.00695 e. The van der Waals surface area contributed by atoms with Crippen LogP contribution in [0.3, 0.4) is 0 Å². The van der Waals surface area contributed by atoms with Gasteiger partial charge in [-0.25, -0.2) is 0 Å². The van der Waals surface area contributed by atoms with E-state index < -0.39 is 0 Å². The molecule has 16 heavy (non-hydrogen) atoms. The highest BCUT2D eigenvalue weighted by atomic mass is 32.1. The van der Waals surface area contributed by atoms with Crippen LogP contribution in [-0.2, 0) is 6.42 Å². The van der Waals surface area contributed by atoms with Crippen LogP contribution in [-0.4, -0.2) is 12.6 Å². The number of nitrogens with one attached hydrogen (secondary N) is 1. The minimum atomic E-state index is 0.713. The Morgan fingerprint density at radius 2 is 2.19 bits per heavy atom. The van der Waals surface area contributed by atoms with Crippen molar-refractivity contribution in [3.05, 3.63) is 22.4 Å². The fraction of sp³-hybridized carbons (Fsp3) is 0.714. The summed E-state index contributed by atoms with van der Waals surface area (Å²) in [5.41, 5.74) is 0. The Bertz CT molecular complexity index is 254. The molecule has 92 valence electrons. The first-order chi connectivity index (χ1) is 7.72. The molecule has 0 aliphatic heterocycles. The SMILES string of the molecule is CCNC(CCCc1cccs1)CC(C)C. The van der Waals surface area contributed by atoms with Gasteiger partial charge in [0.1, 0.15) is 0 Å². The summed E-state index contributed by atoms with van der Waals surface area (Å²) in [6, 6.07) is 5.11. The Kier molecular flexibility index (Phi) is 6.74. The lowest BCUT2D eigenvalue weighted by molar-refractivity contribution is 0.398. The minimum Gasteiger partial charge on any atom is -0.314 e. The third-order valence-electron chi connectivity index (χ3n) is 2.80. The molecule has 1 heterocycles. The number of hydrogen-bond donors (Lipinski definition) is 1. The molecule has 1 aromatic rings. The van der Waals surface area contributed by atoms with E-state index in [2.05, 4.69) is 43.6 Å². The zero-order valence-electron chi connectivity index (χ0n) is 10.8. The standard InChI is InChI=1S/C14H25NS/c1-4-15-13(11-12(2)3)7-5-8-14-9-6-10-16-14/h6,9-10,12-13,15H,4-5,7-8,11H2,1-3H3. The second-order valence-electron chi connectivity index (χ2n) is 4.86. The summed E-state index contributed by atoms with van der Waals surface area (Å²) in [5.74, 6) is 0.797. The largest absolute Gasteiger partial charge is 0.314 e. The number of rotatable bonds is 8. The minimum absolute atomic E-state index is 0.713. The Hall–Kier alpha value is -0.340. The molecule has 2 heteroatoms. The molecule has 0 fully saturated rings. The fourth-order valence-corrected chi connectivity index (χ4v) is 2.89. The molecule has 1 nitrogen and oxygen atoms in total. The summed E-state index contributed by atoms with van der Waals surface area (Å²) >= 11 is 1.88. The van der Waals surface area contributed by atoms with Gasteiger partial charge in [-0.2, -0.15) is 0 Å². The maximum Gasteiger partial charge on any atom is 0.00695 e. The molecular formula is C14H25NS. The van der Waals surface area contributed by atoms with Gasteiger partial charge in [-0.05, 0) is 49.6 Å². The second kappa shape index (κ2) is 7.86. The van der Waals surface area contributed by atoms with Crippen LogP contribution in [0.1, 0.15) is 44.9 Å². The summed E-state index contributed by atoms with van der Waals surface area (Å²) in [5, 5.41) is 5.77. The molecule has 0 aliphatic carbocycles. The predicted octanol–water partition coefficient (Wildman–Crippen LogP) is 4.10. The van der Waals surface area contributed by atoms with Crippen molar-refractivity contribution >= 4 is 11.3 Å². The zero-order valence-corrected chi connectivity index (χ0v) is 11.6. The van der Waals surface area contributed by atoms with Gasteiger partial charge in [0.2, 0.25) is 0 Å². The molecule has 1 unspecified atom stereocenters. The summed E-state index contributed by atoms with van der Waals surface area (Å²) < 4.78 is 0. The average Bonchev–Trinajstić information content (AvgIpc) is 2.70. The number of hydrogen-bond acceptors (Lipinski definition) is 2. The molecule has 1 N–H and O–H groups in total. The number of thiophene rings is 1. The molecule has 1 aromatic heterocycles. The Morgan fingerprint density at radius 1 is 1.38 bits per heavy atom. The Labute approximate surface area is 104 Å². The number of aryl methyl sites for hydroxylation is 1. The van der Waals surface area contributed by atoms with Gasteiger partial charge >= 0.3 is 0 Å². The van der Waals surface area contributed by atoms with Crippen molar-refractivity contribution < 1.29 is 0 Å². The lowest BCUT2D eigenvalue weighted by atomic mass is 9.99. The lowest BCUT2D eigenvalue weighted by Gasteiger charge is -2.19. The van der Waals surface area contributed by atoms with E-state index in [9.17, 15) is 0 Å². The maximum absolute atomic E-state index is 3.60. The van der Waals surface area contributed by atoms with Crippen LogP contribution in [0.25, 0.3) is 0 Å². The van der Waals surface area contributed by atoms with E-state index in [-0.39, 0.29) is 0 Å². The van der Waals surface area contributed by atoms with Crippen LogP contribution in [0.2, 0.25) is 0 Å². The maximum atomic E-state index is 3.60. The third-order valence-corrected chi connectivity index (χ3v) is 3.74. The van der Waals surface area contributed by atoms with E-state index >= 15 is 0 Å². The van der Waals surface area contributed by atoms with Crippen molar-refractivity contribution in [3.8, 4) is 0 Å². The topological polar surface area (TPSA) is 12.0 Å². The van der Waals surface area contributed by atoms with E-state index in [0.717, 1.165) is 12.5 Å². The van der Waals surface area contributed by atoms with Gasteiger partial charge in [0.15, 0.2) is 0 Å². The second-order valence-corrected chi connectivity index (χ2v) is 5.89. The molecule has 0 saturated heterocycles. The summed E-state index contributed by atoms with van der Waals surface area (Å²) in [4.78, 5) is 1.53. The van der Waals surface area contributed by atoms with Crippen molar-refractivity contribution in [1.29, 1.82) is 0 Å². The third kappa shape index (κ3) is 5.66. The van der Waals surface area contributed by atoms with Crippen molar-refractivity contribution in [2.24, 2.45) is 5.92 Å². The molecule has 0 radical (unpaired) electrons. The van der Waals surface area contributed by atoms with E-state index in [0.29, 0.717) is 6.04 Å². The van der Waals surface area contributed by atoms with Crippen LogP contribution in [0.4, 0.5) is 0 Å². The average molecular weight is 239 g/mol. The normalized spacial score (nSPS) is 13.2. The van der Waals surface area contributed by atoms with Gasteiger partial charge in [0, 0.05) is 10.9 Å². The van der Waals surface area contributed by atoms with E-state index in [4.69, 9.17) is 0 Å². The molecule has 0 aliphatic rings. The van der Waals surface area contributed by atoms with E-state index in [1.165, 1.54) is 30.6 Å². The first-order valence-corrected chi connectivity index (χ1v) is 7.36. The summed E-state index contributed by atoms with van der Waals surface area (Å²) in [6.45, 7) is 7.91. The van der Waals surface area contributed by atoms with Crippen molar-refractivity contribution in [2.45, 2.75) is 52.5 Å². The monoisotopic (exact) mass is 239 g/mol. The predicted molar refractivity (Wildman–Crippen MR) is 74.2 cm³/mol. The summed E-state index contributed by atoms with van der Waals surface area (Å²) in [6.07, 6.45) is 5.17. The highest BCUT2D eigenvalue weighted by Gasteiger charge is 2.09. The van der Waals surface area contributed by atoms with Crippen LogP contribution in [0.5, 0.6) is 0 Å². The zero-order chi connectivity index (χ0) is 11.8. The van der Waals surface area contributed by atoms with Gasteiger partial charge in [0.25, 0.3) is 0 Å². The Morgan fingerprint density at radius 3 is 2.75 bits per heavy atom. The molecular weight excluding hydrogens is 214 g/mol. The van der Waals surface area contributed by atoms with E-state index in [1.807, 2.05) is 11.3 Å². The van der Waals surface area contributed by atoms with Crippen LogP contribution in [0.15, 0.2) is 17.5 Å². The fourth-order valence-electron chi connectivity index (χ4n) is 2.14. The molecule has 0 amide bonds. The van der Waals surface area contributed by atoms with Crippen molar-refractivity contribution in [1.82, 2.24) is 5.32 Å². The van der Waals surface area contributed by atoms with Gasteiger partial charge in [-0.3, -0.25) is 0 Å². The highest BCUT2D eigenvalue weighted by Crippen LogP contribution is 2.15. The molecule has 0 spiro atoms. The first-order valence-electron chi connectivity index (χ1n) is 6.48. The lowest BCUT2D eigenvalue weighted by Crippen LogP contribution is -2.30. The summed E-state index contributed by atoms with van der Waals surface area (Å²) in [7, 11) is 0. The highest BCUT2D eigenvalue weighted by molar-refractivity contribution is 7.09. The molecule has 1 rings (SSSR count). The quantitative estimate of drug-likeness (QED) is 0.720. The molecule has 0 aromatic carbocycles. The van der Waals surface area contributed by atoms with Crippen LogP contribution >= 0.6 is 11.3 Å². The van der Waals surface area contributed by atoms with Crippen LogP contribution < -0.4 is 5.32 Å². The van der Waals surface area contributed by atoms with Gasteiger partial charge in [-0.15, -0.1) is 11.3 Å². The van der Waals surface area contributed by atoms with Crippen molar-refractivity contribution in [3.63, 3.8) is 0 Å². The molecule has 1 atom stereocenters. The van der Waals surface area contributed by atoms with E-state index in [1.54, 1.807) is 0 Å². The van der Waals surface area contributed by atoms with Gasteiger partial charge in [-0.1, -0.05) is 26.8 Å². The van der Waals surface area contributed by atoms with Crippen LogP contribution in [0, 0.1) is 5.92 Å². The Balaban J connectivity index is 2.21. The first kappa shape index (κ1) is 13.7. The van der Waals surface area contributed by atoms with Crippen molar-refractivity contribution in [2.75, 3.05) is 6.54 Å². The molecule has 0 bridgehead atoms.